The molecule has 29 heavy (non-hydrogen) atoms. The van der Waals surface area contributed by atoms with E-state index in [1.165, 1.54) is 5.56 Å². The average molecular weight is 408 g/mol. The summed E-state index contributed by atoms with van der Waals surface area (Å²) in [6, 6.07) is 8.24. The fourth-order valence-corrected chi connectivity index (χ4v) is 4.04. The second-order valence-electron chi connectivity index (χ2n) is 7.81. The van der Waals surface area contributed by atoms with Crippen molar-refractivity contribution in [2.75, 3.05) is 0 Å². The highest BCUT2D eigenvalue weighted by Gasteiger charge is 2.16. The first-order valence-electron chi connectivity index (χ1n) is 9.82. The van der Waals surface area contributed by atoms with E-state index in [1.807, 2.05) is 37.7 Å². The molecule has 0 amide bonds. The molecule has 3 aromatic rings. The number of hydrogen-bond donors (Lipinski definition) is 0. The first kappa shape index (κ1) is 21.0. The SMILES string of the molecule is Cc1cc(C/C(=C\C#N)CCc2cc(C(C)C)c3c(C)nn(C)c3n2)cc(Cl)n1. The van der Waals surface area contributed by atoms with Gasteiger partial charge in [0.05, 0.1) is 11.8 Å². The standard InChI is InChI=1S/C23H26ClN5/c1-14(2)20-13-19(27-23-22(20)16(4)28-29(23)5)7-6-17(8-9-25)11-18-10-15(3)26-21(24)12-18/h8,10,12-14H,6-7,11H2,1-5H3/b17-8-. The quantitative estimate of drug-likeness (QED) is 0.406. The molecule has 0 aliphatic rings. The topological polar surface area (TPSA) is 67.4 Å². The smallest absolute Gasteiger partial charge is 0.158 e. The van der Waals surface area contributed by atoms with Crippen molar-refractivity contribution in [3.05, 3.63) is 63.2 Å². The van der Waals surface area contributed by atoms with Crippen LogP contribution in [0.25, 0.3) is 11.0 Å². The van der Waals surface area contributed by atoms with Gasteiger partial charge in [0.15, 0.2) is 5.65 Å². The van der Waals surface area contributed by atoms with E-state index in [9.17, 15) is 5.26 Å². The summed E-state index contributed by atoms with van der Waals surface area (Å²) in [7, 11) is 1.94. The molecule has 0 saturated carbocycles. The lowest BCUT2D eigenvalue weighted by atomic mass is 9.96. The Bertz CT molecular complexity index is 1100. The summed E-state index contributed by atoms with van der Waals surface area (Å²) >= 11 is 6.09. The number of aromatic nitrogens is 4. The highest BCUT2D eigenvalue weighted by molar-refractivity contribution is 6.29. The van der Waals surface area contributed by atoms with Crippen LogP contribution in [0.5, 0.6) is 0 Å². The maximum Gasteiger partial charge on any atom is 0.158 e. The predicted molar refractivity (Wildman–Crippen MR) is 117 cm³/mol. The molecular weight excluding hydrogens is 382 g/mol. The molecule has 0 aliphatic carbocycles. The molecule has 0 aromatic carbocycles. The number of halogens is 1. The largest absolute Gasteiger partial charge is 0.250 e. The molecule has 0 atom stereocenters. The second-order valence-corrected chi connectivity index (χ2v) is 8.20. The van der Waals surface area contributed by atoms with Crippen molar-refractivity contribution < 1.29 is 0 Å². The predicted octanol–water partition coefficient (Wildman–Crippen LogP) is 5.38. The zero-order valence-electron chi connectivity index (χ0n) is 17.6. The molecule has 0 N–H and O–H groups in total. The van der Waals surface area contributed by atoms with E-state index in [0.717, 1.165) is 52.1 Å². The third-order valence-electron chi connectivity index (χ3n) is 5.06. The Balaban J connectivity index is 1.86. The van der Waals surface area contributed by atoms with Crippen LogP contribution in [-0.4, -0.2) is 19.7 Å². The number of aryl methyl sites for hydroxylation is 4. The monoisotopic (exact) mass is 407 g/mol. The summed E-state index contributed by atoms with van der Waals surface area (Å²) in [6.45, 7) is 8.35. The number of hydrogen-bond acceptors (Lipinski definition) is 4. The van der Waals surface area contributed by atoms with Crippen LogP contribution >= 0.6 is 11.6 Å². The van der Waals surface area contributed by atoms with Crippen LogP contribution in [0.3, 0.4) is 0 Å². The molecule has 6 heteroatoms. The van der Waals surface area contributed by atoms with Gasteiger partial charge in [-0.05, 0) is 68.4 Å². The van der Waals surface area contributed by atoms with Crippen LogP contribution in [0.15, 0.2) is 29.8 Å². The van der Waals surface area contributed by atoms with Gasteiger partial charge in [-0.1, -0.05) is 31.0 Å². The Morgan fingerprint density at radius 3 is 2.66 bits per heavy atom. The average Bonchev–Trinajstić information content (AvgIpc) is 2.92. The Labute approximate surface area is 177 Å². The molecular formula is C23H26ClN5. The number of rotatable bonds is 6. The molecule has 150 valence electrons. The van der Waals surface area contributed by atoms with E-state index in [0.29, 0.717) is 17.5 Å². The van der Waals surface area contributed by atoms with Crippen molar-refractivity contribution in [1.29, 1.82) is 5.26 Å². The van der Waals surface area contributed by atoms with Crippen LogP contribution in [0.2, 0.25) is 5.15 Å². The van der Waals surface area contributed by atoms with Crippen molar-refractivity contribution in [2.24, 2.45) is 7.05 Å². The summed E-state index contributed by atoms with van der Waals surface area (Å²) in [5, 5.41) is 15.4. The van der Waals surface area contributed by atoms with Crippen LogP contribution in [-0.2, 0) is 19.9 Å². The van der Waals surface area contributed by atoms with Crippen molar-refractivity contribution >= 4 is 22.6 Å². The lowest BCUT2D eigenvalue weighted by Crippen LogP contribution is -2.02. The molecule has 0 radical (unpaired) electrons. The lowest BCUT2D eigenvalue weighted by Gasteiger charge is -2.12. The van der Waals surface area contributed by atoms with Crippen LogP contribution in [0.1, 0.15) is 54.4 Å². The van der Waals surface area contributed by atoms with Gasteiger partial charge >= 0.3 is 0 Å². The Hall–Kier alpha value is -2.71. The van der Waals surface area contributed by atoms with E-state index >= 15 is 0 Å². The number of nitriles is 1. The first-order valence-corrected chi connectivity index (χ1v) is 10.2. The summed E-state index contributed by atoms with van der Waals surface area (Å²) < 4.78 is 1.85. The van der Waals surface area contributed by atoms with Crippen LogP contribution < -0.4 is 0 Å². The molecule has 0 aliphatic heterocycles. The molecule has 0 saturated heterocycles. The molecule has 5 nitrogen and oxygen atoms in total. The van der Waals surface area contributed by atoms with Gasteiger partial charge in [0.25, 0.3) is 0 Å². The van der Waals surface area contributed by atoms with Crippen LogP contribution in [0, 0.1) is 25.2 Å². The minimum Gasteiger partial charge on any atom is -0.250 e. The van der Waals surface area contributed by atoms with Gasteiger partial charge in [-0.25, -0.2) is 9.97 Å². The molecule has 3 aromatic heterocycles. The van der Waals surface area contributed by atoms with Crippen molar-refractivity contribution in [3.63, 3.8) is 0 Å². The van der Waals surface area contributed by atoms with E-state index in [-0.39, 0.29) is 0 Å². The summed E-state index contributed by atoms with van der Waals surface area (Å²) in [5.41, 5.74) is 7.24. The fraction of sp³-hybridized carbons (Fsp3) is 0.391. The van der Waals surface area contributed by atoms with Gasteiger partial charge in [-0.3, -0.25) is 4.68 Å². The number of fused-ring (bicyclic) bond motifs is 1. The minimum atomic E-state index is 0.387. The number of pyridine rings is 2. The van der Waals surface area contributed by atoms with Gasteiger partial charge in [-0.2, -0.15) is 10.4 Å². The zero-order valence-corrected chi connectivity index (χ0v) is 18.4. The maximum absolute atomic E-state index is 9.23. The second kappa shape index (κ2) is 8.75. The lowest BCUT2D eigenvalue weighted by molar-refractivity contribution is 0.767. The highest BCUT2D eigenvalue weighted by atomic mass is 35.5. The van der Waals surface area contributed by atoms with Gasteiger partial charge in [0.2, 0.25) is 0 Å². The molecule has 3 heterocycles. The van der Waals surface area contributed by atoms with Crippen molar-refractivity contribution in [2.45, 2.75) is 52.9 Å². The molecule has 0 unspecified atom stereocenters. The Morgan fingerprint density at radius 2 is 2.00 bits per heavy atom. The third kappa shape index (κ3) is 4.83. The summed E-state index contributed by atoms with van der Waals surface area (Å²) in [6.07, 6.45) is 3.85. The van der Waals surface area contributed by atoms with Crippen LogP contribution in [0.4, 0.5) is 0 Å². The van der Waals surface area contributed by atoms with E-state index in [2.05, 4.69) is 36.1 Å². The van der Waals surface area contributed by atoms with Gasteiger partial charge < -0.3 is 0 Å². The first-order chi connectivity index (χ1) is 13.8. The van der Waals surface area contributed by atoms with E-state index < -0.39 is 0 Å². The Morgan fingerprint density at radius 1 is 1.24 bits per heavy atom. The molecule has 0 fully saturated rings. The molecule has 3 rings (SSSR count). The summed E-state index contributed by atoms with van der Waals surface area (Å²) in [5.74, 6) is 0.387. The maximum atomic E-state index is 9.23. The number of allylic oxidation sites excluding steroid dienone is 2. The van der Waals surface area contributed by atoms with Crippen molar-refractivity contribution in [3.8, 4) is 6.07 Å². The van der Waals surface area contributed by atoms with Gasteiger partial charge in [0, 0.05) is 29.9 Å². The van der Waals surface area contributed by atoms with Gasteiger partial charge in [0.1, 0.15) is 5.15 Å². The highest BCUT2D eigenvalue weighted by Crippen LogP contribution is 2.28. The molecule has 0 spiro atoms. The fourth-order valence-electron chi connectivity index (χ4n) is 3.77. The van der Waals surface area contributed by atoms with Gasteiger partial charge in [-0.15, -0.1) is 0 Å². The minimum absolute atomic E-state index is 0.387. The summed E-state index contributed by atoms with van der Waals surface area (Å²) in [4.78, 5) is 9.07. The molecule has 0 bridgehead atoms. The third-order valence-corrected chi connectivity index (χ3v) is 5.25. The normalized spacial score (nSPS) is 12.0. The Kier molecular flexibility index (Phi) is 6.34. The van der Waals surface area contributed by atoms with E-state index in [1.54, 1.807) is 6.08 Å². The van der Waals surface area contributed by atoms with E-state index in [4.69, 9.17) is 16.6 Å². The zero-order chi connectivity index (χ0) is 21.1. The van der Waals surface area contributed by atoms with Crippen molar-refractivity contribution in [1.82, 2.24) is 19.7 Å². The number of nitrogens with zero attached hydrogens (tertiary/aromatic N) is 5.